The molecule has 15 heavy (non-hydrogen) atoms. The molecule has 1 aliphatic rings. The zero-order valence-electron chi connectivity index (χ0n) is 10.3. The predicted octanol–water partition coefficient (Wildman–Crippen LogP) is 2.71. The van der Waals surface area contributed by atoms with Crippen molar-refractivity contribution in [1.82, 2.24) is 9.80 Å². The first kappa shape index (κ1) is 12.3. The summed E-state index contributed by atoms with van der Waals surface area (Å²) in [6.45, 7) is 2.96. The van der Waals surface area contributed by atoms with Gasteiger partial charge in [0.25, 0.3) is 0 Å². The molecule has 0 atom stereocenters. The minimum Gasteiger partial charge on any atom is -0.328 e. The monoisotopic (exact) mass is 212 g/mol. The summed E-state index contributed by atoms with van der Waals surface area (Å²) in [6.07, 6.45) is 7.29. The molecule has 0 heterocycles. The van der Waals surface area contributed by atoms with Crippen LogP contribution >= 0.6 is 0 Å². The number of hydrogen-bond donors (Lipinski definition) is 0. The Morgan fingerprint density at radius 1 is 1.20 bits per heavy atom. The fraction of sp³-hybridized carbons (Fsp3) is 0.917. The molecule has 3 nitrogen and oxygen atoms in total. The van der Waals surface area contributed by atoms with Gasteiger partial charge in [0.1, 0.15) is 0 Å². The zero-order valence-corrected chi connectivity index (χ0v) is 10.3. The maximum Gasteiger partial charge on any atom is 0.319 e. The molecule has 1 saturated carbocycles. The molecule has 0 aromatic heterocycles. The lowest BCUT2D eigenvalue weighted by Gasteiger charge is -2.34. The van der Waals surface area contributed by atoms with Crippen molar-refractivity contribution in [3.63, 3.8) is 0 Å². The van der Waals surface area contributed by atoms with Crippen LogP contribution in [0.3, 0.4) is 0 Å². The van der Waals surface area contributed by atoms with E-state index >= 15 is 0 Å². The molecule has 0 aliphatic heterocycles. The summed E-state index contributed by atoms with van der Waals surface area (Å²) < 4.78 is 0. The molecule has 2 amide bonds. The van der Waals surface area contributed by atoms with E-state index in [2.05, 4.69) is 6.92 Å². The maximum atomic E-state index is 12.0. The van der Waals surface area contributed by atoms with Crippen LogP contribution in [0.2, 0.25) is 0 Å². The summed E-state index contributed by atoms with van der Waals surface area (Å²) in [5.74, 6) is 0. The van der Waals surface area contributed by atoms with E-state index in [9.17, 15) is 4.79 Å². The van der Waals surface area contributed by atoms with Crippen LogP contribution in [0.1, 0.15) is 45.4 Å². The smallest absolute Gasteiger partial charge is 0.319 e. The van der Waals surface area contributed by atoms with Gasteiger partial charge in [-0.05, 0) is 19.3 Å². The van der Waals surface area contributed by atoms with Gasteiger partial charge < -0.3 is 9.80 Å². The molecule has 0 saturated heterocycles. The molecule has 0 spiro atoms. The second kappa shape index (κ2) is 5.99. The van der Waals surface area contributed by atoms with Crippen molar-refractivity contribution in [3.05, 3.63) is 0 Å². The summed E-state index contributed by atoms with van der Waals surface area (Å²) in [5, 5.41) is 0. The van der Waals surface area contributed by atoms with Crippen LogP contribution in [0.5, 0.6) is 0 Å². The van der Waals surface area contributed by atoms with Gasteiger partial charge in [0, 0.05) is 26.7 Å². The van der Waals surface area contributed by atoms with Crippen LogP contribution in [-0.2, 0) is 0 Å². The minimum atomic E-state index is 0.184. The average Bonchev–Trinajstić information content (AvgIpc) is 2.28. The van der Waals surface area contributed by atoms with E-state index in [0.29, 0.717) is 6.04 Å². The number of carbonyl (C=O) groups excluding carboxylic acids is 1. The van der Waals surface area contributed by atoms with E-state index in [0.717, 1.165) is 13.0 Å². The van der Waals surface area contributed by atoms with Gasteiger partial charge in [0.15, 0.2) is 0 Å². The first-order valence-electron chi connectivity index (χ1n) is 6.14. The van der Waals surface area contributed by atoms with Crippen LogP contribution < -0.4 is 0 Å². The van der Waals surface area contributed by atoms with Crippen molar-refractivity contribution in [2.24, 2.45) is 0 Å². The molecule has 0 bridgehead atoms. The second-order valence-corrected chi connectivity index (χ2v) is 4.61. The van der Waals surface area contributed by atoms with Crippen LogP contribution in [0.25, 0.3) is 0 Å². The van der Waals surface area contributed by atoms with E-state index in [1.807, 2.05) is 23.9 Å². The third kappa shape index (κ3) is 3.40. The SMILES string of the molecule is CCCN(C)C(=O)N(C)C1CCCCC1. The summed E-state index contributed by atoms with van der Waals surface area (Å²) in [7, 11) is 3.84. The molecule has 88 valence electrons. The van der Waals surface area contributed by atoms with Crippen molar-refractivity contribution in [3.8, 4) is 0 Å². The molecule has 0 aromatic rings. The highest BCUT2D eigenvalue weighted by molar-refractivity contribution is 5.74. The van der Waals surface area contributed by atoms with Gasteiger partial charge in [-0.1, -0.05) is 26.2 Å². The van der Waals surface area contributed by atoms with E-state index in [4.69, 9.17) is 0 Å². The molecule has 0 radical (unpaired) electrons. The number of rotatable bonds is 3. The Bertz CT molecular complexity index is 200. The summed E-state index contributed by atoms with van der Waals surface area (Å²) in [5.41, 5.74) is 0. The van der Waals surface area contributed by atoms with Crippen LogP contribution in [0.4, 0.5) is 4.79 Å². The summed E-state index contributed by atoms with van der Waals surface area (Å²) >= 11 is 0. The molecule has 0 aromatic carbocycles. The van der Waals surface area contributed by atoms with Crippen LogP contribution in [-0.4, -0.2) is 42.5 Å². The van der Waals surface area contributed by atoms with E-state index in [-0.39, 0.29) is 6.03 Å². The number of hydrogen-bond acceptors (Lipinski definition) is 1. The maximum absolute atomic E-state index is 12.0. The highest BCUT2D eigenvalue weighted by Gasteiger charge is 2.23. The molecular formula is C12H24N2O. The lowest BCUT2D eigenvalue weighted by atomic mass is 9.95. The van der Waals surface area contributed by atoms with Gasteiger partial charge in [-0.25, -0.2) is 4.79 Å². The normalized spacial score (nSPS) is 17.5. The van der Waals surface area contributed by atoms with E-state index in [1.165, 1.54) is 32.1 Å². The highest BCUT2D eigenvalue weighted by Crippen LogP contribution is 2.22. The van der Waals surface area contributed by atoms with Crippen molar-refractivity contribution >= 4 is 6.03 Å². The van der Waals surface area contributed by atoms with Gasteiger partial charge in [0.05, 0.1) is 0 Å². The third-order valence-electron chi connectivity index (χ3n) is 3.31. The Morgan fingerprint density at radius 2 is 1.80 bits per heavy atom. The lowest BCUT2D eigenvalue weighted by Crippen LogP contribution is -2.45. The fourth-order valence-electron chi connectivity index (χ4n) is 2.32. The van der Waals surface area contributed by atoms with Gasteiger partial charge in [0.2, 0.25) is 0 Å². The number of amides is 2. The van der Waals surface area contributed by atoms with Crippen LogP contribution in [0.15, 0.2) is 0 Å². The van der Waals surface area contributed by atoms with E-state index < -0.39 is 0 Å². The summed E-state index contributed by atoms with van der Waals surface area (Å²) in [6, 6.07) is 0.661. The average molecular weight is 212 g/mol. The largest absolute Gasteiger partial charge is 0.328 e. The first-order valence-corrected chi connectivity index (χ1v) is 6.14. The Balaban J connectivity index is 2.43. The van der Waals surface area contributed by atoms with Gasteiger partial charge in [-0.2, -0.15) is 0 Å². The standard InChI is InChI=1S/C12H24N2O/c1-4-10-13(2)12(15)14(3)11-8-6-5-7-9-11/h11H,4-10H2,1-3H3. The Labute approximate surface area is 93.4 Å². The van der Waals surface area contributed by atoms with Crippen molar-refractivity contribution in [2.75, 3.05) is 20.6 Å². The topological polar surface area (TPSA) is 23.6 Å². The Hall–Kier alpha value is -0.730. The van der Waals surface area contributed by atoms with Gasteiger partial charge in [-0.15, -0.1) is 0 Å². The molecule has 3 heteroatoms. The Kier molecular flexibility index (Phi) is 4.92. The molecular weight excluding hydrogens is 188 g/mol. The van der Waals surface area contributed by atoms with Crippen LogP contribution in [0, 0.1) is 0 Å². The van der Waals surface area contributed by atoms with E-state index in [1.54, 1.807) is 0 Å². The molecule has 1 fully saturated rings. The molecule has 0 unspecified atom stereocenters. The highest BCUT2D eigenvalue weighted by atomic mass is 16.2. The Morgan fingerprint density at radius 3 is 2.33 bits per heavy atom. The molecule has 0 N–H and O–H groups in total. The van der Waals surface area contributed by atoms with Crippen molar-refractivity contribution < 1.29 is 4.79 Å². The summed E-state index contributed by atoms with van der Waals surface area (Å²) in [4.78, 5) is 15.8. The molecule has 1 rings (SSSR count). The van der Waals surface area contributed by atoms with Gasteiger partial charge >= 0.3 is 6.03 Å². The third-order valence-corrected chi connectivity index (χ3v) is 3.31. The quantitative estimate of drug-likeness (QED) is 0.705. The number of carbonyl (C=O) groups is 1. The second-order valence-electron chi connectivity index (χ2n) is 4.61. The predicted molar refractivity (Wildman–Crippen MR) is 63.0 cm³/mol. The number of nitrogens with zero attached hydrogens (tertiary/aromatic N) is 2. The lowest BCUT2D eigenvalue weighted by molar-refractivity contribution is 0.143. The van der Waals surface area contributed by atoms with Crippen molar-refractivity contribution in [2.45, 2.75) is 51.5 Å². The minimum absolute atomic E-state index is 0.184. The first-order chi connectivity index (χ1) is 7.16. The zero-order chi connectivity index (χ0) is 11.3. The fourth-order valence-corrected chi connectivity index (χ4v) is 2.32. The number of urea groups is 1. The molecule has 1 aliphatic carbocycles. The van der Waals surface area contributed by atoms with Gasteiger partial charge in [-0.3, -0.25) is 0 Å². The van der Waals surface area contributed by atoms with Crippen molar-refractivity contribution in [1.29, 1.82) is 0 Å².